The fraction of sp³-hybridized carbons (Fsp3) is 0.333. The van der Waals surface area contributed by atoms with Gasteiger partial charge >= 0.3 is 0 Å². The highest BCUT2D eigenvalue weighted by Crippen LogP contribution is 2.19. The largest absolute Gasteiger partial charge is 0.497 e. The van der Waals surface area contributed by atoms with Gasteiger partial charge in [0.1, 0.15) is 5.75 Å². The predicted molar refractivity (Wildman–Crippen MR) is 64.6 cm³/mol. The molecule has 0 radical (unpaired) electrons. The summed E-state index contributed by atoms with van der Waals surface area (Å²) >= 11 is 0. The predicted octanol–water partition coefficient (Wildman–Crippen LogP) is 1.31. The van der Waals surface area contributed by atoms with E-state index >= 15 is 0 Å². The number of hydrogen-bond donors (Lipinski definition) is 2. The van der Waals surface area contributed by atoms with Crippen LogP contribution in [0.3, 0.4) is 0 Å². The fourth-order valence-electron chi connectivity index (χ4n) is 1.36. The molecule has 17 heavy (non-hydrogen) atoms. The highest BCUT2D eigenvalue weighted by Gasteiger charge is 2.12. The van der Waals surface area contributed by atoms with Gasteiger partial charge in [0.05, 0.1) is 25.2 Å². The maximum absolute atomic E-state index is 11.8. The molecule has 0 heterocycles. The number of hydrogen-bond acceptors (Lipinski definition) is 4. The van der Waals surface area contributed by atoms with Gasteiger partial charge in [-0.05, 0) is 19.1 Å². The van der Waals surface area contributed by atoms with Gasteiger partial charge < -0.3 is 15.8 Å². The van der Waals surface area contributed by atoms with E-state index in [0.717, 1.165) is 0 Å². The monoisotopic (exact) mass is 233 g/mol. The van der Waals surface area contributed by atoms with Gasteiger partial charge in [-0.3, -0.25) is 4.79 Å². The number of carbonyl (C=O) groups is 1. The van der Waals surface area contributed by atoms with Crippen LogP contribution in [-0.2, 0) is 0 Å². The summed E-state index contributed by atoms with van der Waals surface area (Å²) in [5, 5.41) is 11.2. The standard InChI is InChI=1S/C12H15N3O2/c1-8(5-6-13)15-12(16)10-4-3-9(17-2)7-11(10)14/h3-4,7-8H,5,14H2,1-2H3,(H,15,16). The maximum Gasteiger partial charge on any atom is 0.253 e. The van der Waals surface area contributed by atoms with Crippen molar-refractivity contribution >= 4 is 11.6 Å². The minimum absolute atomic E-state index is 0.200. The van der Waals surface area contributed by atoms with Crippen molar-refractivity contribution in [2.45, 2.75) is 19.4 Å². The quantitative estimate of drug-likeness (QED) is 0.767. The molecule has 0 spiro atoms. The smallest absolute Gasteiger partial charge is 0.253 e. The van der Waals surface area contributed by atoms with Crippen LogP contribution >= 0.6 is 0 Å². The van der Waals surface area contributed by atoms with Crippen molar-refractivity contribution in [3.63, 3.8) is 0 Å². The molecule has 90 valence electrons. The molecular weight excluding hydrogens is 218 g/mol. The second kappa shape index (κ2) is 5.75. The number of carbonyl (C=O) groups excluding carboxylic acids is 1. The summed E-state index contributed by atoms with van der Waals surface area (Å²) in [6, 6.07) is 6.65. The van der Waals surface area contributed by atoms with Crippen molar-refractivity contribution in [2.75, 3.05) is 12.8 Å². The van der Waals surface area contributed by atoms with E-state index in [4.69, 9.17) is 15.7 Å². The normalized spacial score (nSPS) is 11.4. The van der Waals surface area contributed by atoms with Crippen LogP contribution in [0.1, 0.15) is 23.7 Å². The number of methoxy groups -OCH3 is 1. The molecule has 0 saturated carbocycles. The number of rotatable bonds is 4. The molecule has 1 aromatic carbocycles. The van der Waals surface area contributed by atoms with Crippen LogP contribution in [0.2, 0.25) is 0 Å². The number of ether oxygens (including phenoxy) is 1. The number of nitrogens with two attached hydrogens (primary N) is 1. The number of benzene rings is 1. The third kappa shape index (κ3) is 3.38. The Morgan fingerprint density at radius 2 is 2.35 bits per heavy atom. The minimum atomic E-state index is -0.284. The SMILES string of the molecule is COc1ccc(C(=O)NC(C)CC#N)c(N)c1. The van der Waals surface area contributed by atoms with Crippen LogP contribution < -0.4 is 15.8 Å². The molecule has 3 N–H and O–H groups in total. The van der Waals surface area contributed by atoms with Crippen LogP contribution in [0, 0.1) is 11.3 Å². The molecule has 1 unspecified atom stereocenters. The molecule has 0 aliphatic carbocycles. The summed E-state index contributed by atoms with van der Waals surface area (Å²) in [6.07, 6.45) is 0.266. The number of nitrogens with one attached hydrogen (secondary N) is 1. The van der Waals surface area contributed by atoms with Crippen LogP contribution in [0.25, 0.3) is 0 Å². The van der Waals surface area contributed by atoms with Crippen molar-refractivity contribution < 1.29 is 9.53 Å². The lowest BCUT2D eigenvalue weighted by Crippen LogP contribution is -2.32. The average molecular weight is 233 g/mol. The van der Waals surface area contributed by atoms with Crippen LogP contribution in [0.5, 0.6) is 5.75 Å². The van der Waals surface area contributed by atoms with Gasteiger partial charge in [-0.15, -0.1) is 0 Å². The lowest BCUT2D eigenvalue weighted by atomic mass is 10.1. The topological polar surface area (TPSA) is 88.1 Å². The Kier molecular flexibility index (Phi) is 4.35. The van der Waals surface area contributed by atoms with E-state index in [2.05, 4.69) is 5.32 Å². The van der Waals surface area contributed by atoms with Gasteiger partial charge in [-0.2, -0.15) is 5.26 Å². The summed E-state index contributed by atoms with van der Waals surface area (Å²) in [5.74, 6) is 0.317. The van der Waals surface area contributed by atoms with E-state index in [9.17, 15) is 4.79 Å². The van der Waals surface area contributed by atoms with Crippen molar-refractivity contribution in [3.05, 3.63) is 23.8 Å². The van der Waals surface area contributed by atoms with Crippen LogP contribution in [-0.4, -0.2) is 19.1 Å². The number of nitrogens with zero attached hydrogens (tertiary/aromatic N) is 1. The van der Waals surface area contributed by atoms with E-state index in [0.29, 0.717) is 17.0 Å². The second-order valence-corrected chi connectivity index (χ2v) is 3.69. The third-order valence-electron chi connectivity index (χ3n) is 2.28. The van der Waals surface area contributed by atoms with Gasteiger partial charge in [0.25, 0.3) is 5.91 Å². The van der Waals surface area contributed by atoms with E-state index in [1.165, 1.54) is 7.11 Å². The van der Waals surface area contributed by atoms with Crippen molar-refractivity contribution in [1.29, 1.82) is 5.26 Å². The Morgan fingerprint density at radius 1 is 1.65 bits per heavy atom. The zero-order valence-corrected chi connectivity index (χ0v) is 9.86. The van der Waals surface area contributed by atoms with E-state index in [-0.39, 0.29) is 18.4 Å². The van der Waals surface area contributed by atoms with Crippen molar-refractivity contribution in [1.82, 2.24) is 5.32 Å². The van der Waals surface area contributed by atoms with E-state index in [1.807, 2.05) is 6.07 Å². The summed E-state index contributed by atoms with van der Waals surface area (Å²) in [4.78, 5) is 11.8. The first-order valence-electron chi connectivity index (χ1n) is 5.19. The zero-order chi connectivity index (χ0) is 12.8. The van der Waals surface area contributed by atoms with E-state index < -0.39 is 0 Å². The highest BCUT2D eigenvalue weighted by atomic mass is 16.5. The third-order valence-corrected chi connectivity index (χ3v) is 2.28. The first-order valence-corrected chi connectivity index (χ1v) is 5.19. The Morgan fingerprint density at radius 3 is 2.88 bits per heavy atom. The molecule has 0 aromatic heterocycles. The van der Waals surface area contributed by atoms with Crippen molar-refractivity contribution in [3.8, 4) is 11.8 Å². The Bertz CT molecular complexity index is 452. The van der Waals surface area contributed by atoms with Gasteiger partial charge in [-0.25, -0.2) is 0 Å². The molecule has 0 fully saturated rings. The van der Waals surface area contributed by atoms with Gasteiger partial charge in [0.15, 0.2) is 0 Å². The Balaban J connectivity index is 2.79. The number of anilines is 1. The number of nitrogen functional groups attached to an aromatic ring is 1. The van der Waals surface area contributed by atoms with E-state index in [1.54, 1.807) is 25.1 Å². The first-order chi connectivity index (χ1) is 8.08. The molecular formula is C12H15N3O2. The summed E-state index contributed by atoms with van der Waals surface area (Å²) < 4.78 is 4.99. The molecule has 0 bridgehead atoms. The molecule has 1 amide bonds. The summed E-state index contributed by atoms with van der Waals surface area (Å²) in [6.45, 7) is 1.76. The lowest BCUT2D eigenvalue weighted by Gasteiger charge is -2.12. The molecule has 1 aromatic rings. The summed E-state index contributed by atoms with van der Waals surface area (Å²) in [5.41, 5.74) is 6.48. The maximum atomic E-state index is 11.8. The average Bonchev–Trinajstić information content (AvgIpc) is 2.28. The van der Waals surface area contributed by atoms with Gasteiger partial charge in [0.2, 0.25) is 0 Å². The Labute approximate surface area is 100 Å². The first kappa shape index (κ1) is 12.8. The van der Waals surface area contributed by atoms with Crippen LogP contribution in [0.15, 0.2) is 18.2 Å². The zero-order valence-electron chi connectivity index (χ0n) is 9.86. The highest BCUT2D eigenvalue weighted by molar-refractivity contribution is 5.99. The Hall–Kier alpha value is -2.22. The minimum Gasteiger partial charge on any atom is -0.497 e. The number of nitriles is 1. The lowest BCUT2D eigenvalue weighted by molar-refractivity contribution is 0.0941. The van der Waals surface area contributed by atoms with Gasteiger partial charge in [-0.1, -0.05) is 0 Å². The molecule has 1 atom stereocenters. The fourth-order valence-corrected chi connectivity index (χ4v) is 1.36. The molecule has 1 rings (SSSR count). The molecule has 5 heteroatoms. The second-order valence-electron chi connectivity index (χ2n) is 3.69. The van der Waals surface area contributed by atoms with Gasteiger partial charge in [0, 0.05) is 17.8 Å². The molecule has 0 aliphatic rings. The van der Waals surface area contributed by atoms with Crippen LogP contribution in [0.4, 0.5) is 5.69 Å². The number of amides is 1. The molecule has 0 saturated heterocycles. The summed E-state index contributed by atoms with van der Waals surface area (Å²) in [7, 11) is 1.53. The molecule has 0 aliphatic heterocycles. The molecule has 5 nitrogen and oxygen atoms in total. The van der Waals surface area contributed by atoms with Crippen molar-refractivity contribution in [2.24, 2.45) is 0 Å².